The van der Waals surface area contributed by atoms with Crippen LogP contribution in [0.3, 0.4) is 0 Å². The van der Waals surface area contributed by atoms with Gasteiger partial charge in [0.25, 0.3) is 0 Å². The first-order valence-corrected chi connectivity index (χ1v) is 16.3. The summed E-state index contributed by atoms with van der Waals surface area (Å²) in [7, 11) is -4.56. The molecule has 0 saturated heterocycles. The SMILES string of the molecule is CB(O)NCCCCCC(=O)Nc1nc2ccc(OS(=O)(=O)c3ccc(NCCN(C(C)C)C(C)C)cc3)cc2s1. The van der Waals surface area contributed by atoms with Crippen molar-refractivity contribution in [2.24, 2.45) is 0 Å². The van der Waals surface area contributed by atoms with Crippen molar-refractivity contribution in [3.8, 4) is 5.75 Å². The van der Waals surface area contributed by atoms with Crippen LogP contribution in [-0.2, 0) is 14.9 Å². The summed E-state index contributed by atoms with van der Waals surface area (Å²) in [5.41, 5.74) is 1.48. The molecule has 0 aliphatic rings. The van der Waals surface area contributed by atoms with Crippen LogP contribution in [0.25, 0.3) is 10.2 Å². The molecule has 3 aromatic rings. The second-order valence-electron chi connectivity index (χ2n) is 10.6. The largest absolute Gasteiger partial charge is 0.437 e. The van der Waals surface area contributed by atoms with Crippen LogP contribution in [-0.4, -0.2) is 68.0 Å². The molecule has 0 aliphatic heterocycles. The fourth-order valence-corrected chi connectivity index (χ4v) is 6.28. The van der Waals surface area contributed by atoms with Gasteiger partial charge in [-0.05, 0) is 90.3 Å². The minimum Gasteiger partial charge on any atom is -0.437 e. The van der Waals surface area contributed by atoms with Gasteiger partial charge >= 0.3 is 17.2 Å². The van der Waals surface area contributed by atoms with Gasteiger partial charge in [0.15, 0.2) is 5.13 Å². The second-order valence-corrected chi connectivity index (χ2v) is 13.1. The van der Waals surface area contributed by atoms with Crippen molar-refractivity contribution < 1.29 is 22.4 Å². The van der Waals surface area contributed by atoms with Gasteiger partial charge in [-0.2, -0.15) is 8.42 Å². The van der Waals surface area contributed by atoms with E-state index in [1.807, 2.05) is 0 Å². The van der Waals surface area contributed by atoms with Gasteiger partial charge in [0.1, 0.15) is 10.6 Å². The van der Waals surface area contributed by atoms with Crippen molar-refractivity contribution >= 4 is 55.4 Å². The van der Waals surface area contributed by atoms with Crippen molar-refractivity contribution in [1.29, 1.82) is 0 Å². The standard InChI is InChI=1S/C28H42BN5O5S2/c1-20(2)34(21(3)4)18-17-30-22-10-13-24(14-11-22)41(37,38)39-23-12-15-25-26(19-23)40-28(32-25)33-27(35)9-7-6-8-16-31-29(5)36/h10-15,19-21,30-31,36H,6-9,16-18H2,1-5H3,(H,32,33,35). The number of hydrogen-bond acceptors (Lipinski definition) is 10. The topological polar surface area (TPSA) is 133 Å². The van der Waals surface area contributed by atoms with E-state index in [0.717, 1.165) is 38.0 Å². The Morgan fingerprint density at radius 2 is 1.76 bits per heavy atom. The summed E-state index contributed by atoms with van der Waals surface area (Å²) in [5.74, 6) is 0.0520. The lowest BCUT2D eigenvalue weighted by Gasteiger charge is -2.30. The Morgan fingerprint density at radius 3 is 2.41 bits per heavy atom. The number of aromatic nitrogens is 1. The number of nitrogens with one attached hydrogen (secondary N) is 3. The number of thiazole rings is 1. The molecule has 10 nitrogen and oxygen atoms in total. The molecule has 41 heavy (non-hydrogen) atoms. The van der Waals surface area contributed by atoms with Crippen molar-refractivity contribution in [2.45, 2.75) is 77.2 Å². The number of carbonyl (C=O) groups is 1. The first-order chi connectivity index (χ1) is 19.4. The van der Waals surface area contributed by atoms with Gasteiger partial charge in [0, 0.05) is 43.3 Å². The van der Waals surface area contributed by atoms with E-state index in [2.05, 4.69) is 53.4 Å². The maximum atomic E-state index is 12.9. The Bertz CT molecular complexity index is 1360. The summed E-state index contributed by atoms with van der Waals surface area (Å²) in [5, 5.41) is 18.7. The van der Waals surface area contributed by atoms with Gasteiger partial charge in [0.2, 0.25) is 5.91 Å². The summed E-state index contributed by atoms with van der Waals surface area (Å²) in [6.45, 7) is 12.7. The van der Waals surface area contributed by atoms with E-state index in [1.54, 1.807) is 37.2 Å². The quantitative estimate of drug-likeness (QED) is 0.0976. The molecule has 0 unspecified atom stereocenters. The zero-order valence-corrected chi connectivity index (χ0v) is 26.1. The molecule has 224 valence electrons. The van der Waals surface area contributed by atoms with Crippen LogP contribution in [0.15, 0.2) is 47.4 Å². The van der Waals surface area contributed by atoms with Crippen LogP contribution in [0.1, 0.15) is 53.4 Å². The fourth-order valence-electron chi connectivity index (χ4n) is 4.45. The summed E-state index contributed by atoms with van der Waals surface area (Å²) in [4.78, 5) is 19.2. The average Bonchev–Trinajstić information content (AvgIpc) is 3.29. The van der Waals surface area contributed by atoms with Crippen LogP contribution < -0.4 is 20.0 Å². The van der Waals surface area contributed by atoms with Crippen molar-refractivity contribution in [2.75, 3.05) is 30.3 Å². The molecule has 4 N–H and O–H groups in total. The third-order valence-electron chi connectivity index (χ3n) is 6.50. The Hall–Kier alpha value is -2.71. The monoisotopic (exact) mass is 603 g/mol. The lowest BCUT2D eigenvalue weighted by Crippen LogP contribution is -2.40. The number of unbranched alkanes of at least 4 members (excludes halogenated alkanes) is 2. The second kappa shape index (κ2) is 15.5. The summed E-state index contributed by atoms with van der Waals surface area (Å²) >= 11 is 1.26. The van der Waals surface area contributed by atoms with Gasteiger partial charge in [-0.1, -0.05) is 17.8 Å². The number of amides is 1. The molecule has 3 rings (SSSR count). The van der Waals surface area contributed by atoms with E-state index >= 15 is 0 Å². The maximum absolute atomic E-state index is 12.9. The van der Waals surface area contributed by atoms with Crippen molar-refractivity contribution in [3.63, 3.8) is 0 Å². The highest BCUT2D eigenvalue weighted by atomic mass is 32.2. The molecule has 13 heteroatoms. The number of rotatable bonds is 17. The van der Waals surface area contributed by atoms with Gasteiger partial charge in [-0.15, -0.1) is 0 Å². The Labute approximate surface area is 248 Å². The predicted molar refractivity (Wildman–Crippen MR) is 168 cm³/mol. The molecule has 0 radical (unpaired) electrons. The number of hydrogen-bond donors (Lipinski definition) is 4. The van der Waals surface area contributed by atoms with Gasteiger partial charge in [-0.25, -0.2) is 4.98 Å². The Morgan fingerprint density at radius 1 is 1.05 bits per heavy atom. The lowest BCUT2D eigenvalue weighted by atomic mass is 9.89. The molecule has 1 aromatic heterocycles. The highest BCUT2D eigenvalue weighted by molar-refractivity contribution is 7.87. The molecule has 1 amide bonds. The van der Waals surface area contributed by atoms with Crippen LogP contribution in [0.4, 0.5) is 10.8 Å². The number of nitrogens with zero attached hydrogens (tertiary/aromatic N) is 2. The average molecular weight is 604 g/mol. The first-order valence-electron chi connectivity index (χ1n) is 14.1. The predicted octanol–water partition coefficient (Wildman–Crippen LogP) is 4.79. The molecular formula is C28H42BN5O5S2. The third-order valence-corrected chi connectivity index (χ3v) is 8.70. The maximum Gasteiger partial charge on any atom is 0.373 e. The summed E-state index contributed by atoms with van der Waals surface area (Å²) < 4.78 is 31.9. The Kier molecular flexibility index (Phi) is 12.4. The summed E-state index contributed by atoms with van der Waals surface area (Å²) in [6.07, 6.45) is 2.86. The van der Waals surface area contributed by atoms with E-state index in [4.69, 9.17) is 4.18 Å². The molecular weight excluding hydrogens is 561 g/mol. The van der Waals surface area contributed by atoms with E-state index in [-0.39, 0.29) is 16.6 Å². The van der Waals surface area contributed by atoms with Crippen LogP contribution in [0.5, 0.6) is 5.75 Å². The van der Waals surface area contributed by atoms with Gasteiger partial charge < -0.3 is 25.1 Å². The number of carbonyl (C=O) groups excluding carboxylic acids is 1. The summed E-state index contributed by atoms with van der Waals surface area (Å²) in [6, 6.07) is 12.3. The van der Waals surface area contributed by atoms with Crippen LogP contribution in [0, 0.1) is 0 Å². The lowest BCUT2D eigenvalue weighted by molar-refractivity contribution is -0.116. The Balaban J connectivity index is 1.52. The van der Waals surface area contributed by atoms with Crippen LogP contribution in [0.2, 0.25) is 6.82 Å². The number of anilines is 2. The van der Waals surface area contributed by atoms with E-state index < -0.39 is 17.2 Å². The molecule has 0 bridgehead atoms. The fraction of sp³-hybridized carbons (Fsp3) is 0.500. The highest BCUT2D eigenvalue weighted by Gasteiger charge is 2.18. The zero-order valence-electron chi connectivity index (χ0n) is 24.5. The van der Waals surface area contributed by atoms with Gasteiger partial charge in [0.05, 0.1) is 10.2 Å². The number of fused-ring (bicyclic) bond motifs is 1. The highest BCUT2D eigenvalue weighted by Crippen LogP contribution is 2.31. The molecule has 0 atom stereocenters. The van der Waals surface area contributed by atoms with Gasteiger partial charge in [-0.3, -0.25) is 9.69 Å². The zero-order chi connectivity index (χ0) is 30.0. The van der Waals surface area contributed by atoms with Crippen molar-refractivity contribution in [1.82, 2.24) is 15.1 Å². The molecule has 1 heterocycles. The van der Waals surface area contributed by atoms with E-state index in [0.29, 0.717) is 40.4 Å². The molecule has 0 fully saturated rings. The molecule has 2 aromatic carbocycles. The minimum atomic E-state index is -4.03. The van der Waals surface area contributed by atoms with Crippen molar-refractivity contribution in [3.05, 3.63) is 42.5 Å². The smallest absolute Gasteiger partial charge is 0.373 e. The molecule has 0 aliphatic carbocycles. The normalized spacial score (nSPS) is 11.9. The third kappa shape index (κ3) is 10.6. The minimum absolute atomic E-state index is 0.0630. The van der Waals surface area contributed by atoms with Crippen LogP contribution >= 0.6 is 11.3 Å². The number of benzene rings is 2. The van der Waals surface area contributed by atoms with E-state index in [1.165, 1.54) is 23.5 Å². The first kappa shape index (κ1) is 32.8. The molecule has 0 saturated carbocycles. The molecule has 0 spiro atoms. The van der Waals surface area contributed by atoms with E-state index in [9.17, 15) is 18.2 Å².